The van der Waals surface area contributed by atoms with E-state index in [4.69, 9.17) is 22.1 Å². The van der Waals surface area contributed by atoms with Gasteiger partial charge in [-0.15, -0.1) is 0 Å². The Morgan fingerprint density at radius 2 is 2.00 bits per heavy atom. The van der Waals surface area contributed by atoms with E-state index in [2.05, 4.69) is 10.6 Å². The Morgan fingerprint density at radius 1 is 1.35 bits per heavy atom. The fourth-order valence-corrected chi connectivity index (χ4v) is 1.65. The highest BCUT2D eigenvalue weighted by atomic mass is 35.5. The summed E-state index contributed by atoms with van der Waals surface area (Å²) in [5, 5.41) is 4.76. The van der Waals surface area contributed by atoms with E-state index in [0.717, 1.165) is 5.56 Å². The first-order valence-electron chi connectivity index (χ1n) is 6.09. The predicted molar refractivity (Wildman–Crippen MR) is 76.7 cm³/mol. The molecular formula is C13H18ClN3O3. The van der Waals surface area contributed by atoms with Crippen LogP contribution in [0.2, 0.25) is 5.02 Å². The summed E-state index contributed by atoms with van der Waals surface area (Å²) in [6, 6.07) is 4.37. The molecule has 1 rings (SSSR count). The molecule has 0 spiro atoms. The number of imide groups is 1. The lowest BCUT2D eigenvalue weighted by Crippen LogP contribution is -2.43. The molecule has 20 heavy (non-hydrogen) atoms. The van der Waals surface area contributed by atoms with Crippen LogP contribution in [-0.2, 0) is 4.79 Å². The number of nitrogens with one attached hydrogen (secondary N) is 2. The minimum absolute atomic E-state index is 0.143. The van der Waals surface area contributed by atoms with Crippen molar-refractivity contribution < 1.29 is 14.3 Å². The molecule has 0 aliphatic carbocycles. The zero-order chi connectivity index (χ0) is 15.3. The minimum Gasteiger partial charge on any atom is -0.479 e. The average molecular weight is 300 g/mol. The molecule has 3 amide bonds. The number of carbonyl (C=O) groups is 2. The predicted octanol–water partition coefficient (Wildman–Crippen LogP) is 1.58. The maximum absolute atomic E-state index is 11.6. The van der Waals surface area contributed by atoms with Gasteiger partial charge in [0.1, 0.15) is 5.75 Å². The van der Waals surface area contributed by atoms with Crippen molar-refractivity contribution in [3.63, 3.8) is 0 Å². The number of rotatable bonds is 4. The van der Waals surface area contributed by atoms with Crippen LogP contribution in [0.3, 0.4) is 0 Å². The molecule has 0 heterocycles. The van der Waals surface area contributed by atoms with Crippen LogP contribution in [0.15, 0.2) is 18.2 Å². The Morgan fingerprint density at radius 3 is 2.50 bits per heavy atom. The molecule has 1 aromatic rings. The number of benzene rings is 1. The van der Waals surface area contributed by atoms with E-state index in [1.54, 1.807) is 18.2 Å². The molecule has 0 aliphatic heterocycles. The van der Waals surface area contributed by atoms with Crippen molar-refractivity contribution in [2.45, 2.75) is 26.0 Å². The molecule has 7 heteroatoms. The summed E-state index contributed by atoms with van der Waals surface area (Å²) in [7, 11) is 1.41. The van der Waals surface area contributed by atoms with E-state index in [1.807, 2.05) is 6.92 Å². The van der Waals surface area contributed by atoms with E-state index in [-0.39, 0.29) is 6.04 Å². The molecule has 0 saturated carbocycles. The summed E-state index contributed by atoms with van der Waals surface area (Å²) in [6.07, 6.45) is -0.856. The summed E-state index contributed by atoms with van der Waals surface area (Å²) in [4.78, 5) is 22.7. The Labute approximate surface area is 122 Å². The number of hydrogen-bond donors (Lipinski definition) is 3. The molecule has 1 aromatic carbocycles. The smallest absolute Gasteiger partial charge is 0.321 e. The van der Waals surface area contributed by atoms with Gasteiger partial charge in [-0.3, -0.25) is 10.1 Å². The van der Waals surface area contributed by atoms with Gasteiger partial charge in [-0.2, -0.15) is 0 Å². The normalized spacial score (nSPS) is 13.2. The fraction of sp³-hybridized carbons (Fsp3) is 0.385. The van der Waals surface area contributed by atoms with Crippen LogP contribution in [0.5, 0.6) is 5.75 Å². The molecule has 110 valence electrons. The minimum atomic E-state index is -0.856. The van der Waals surface area contributed by atoms with Gasteiger partial charge in [-0.1, -0.05) is 17.7 Å². The fourth-order valence-electron chi connectivity index (χ4n) is 1.42. The molecule has 4 N–H and O–H groups in total. The van der Waals surface area contributed by atoms with Crippen molar-refractivity contribution in [1.29, 1.82) is 0 Å². The van der Waals surface area contributed by atoms with Crippen LogP contribution in [0.25, 0.3) is 0 Å². The topological polar surface area (TPSA) is 93.5 Å². The molecule has 2 atom stereocenters. The van der Waals surface area contributed by atoms with Crippen LogP contribution in [0.1, 0.15) is 25.5 Å². The number of carbonyl (C=O) groups excluding carboxylic acids is 2. The van der Waals surface area contributed by atoms with Crippen LogP contribution in [0, 0.1) is 0 Å². The summed E-state index contributed by atoms with van der Waals surface area (Å²) in [6.45, 7) is 3.36. The van der Waals surface area contributed by atoms with Gasteiger partial charge >= 0.3 is 6.03 Å². The highest BCUT2D eigenvalue weighted by Gasteiger charge is 2.18. The number of hydrogen-bond acceptors (Lipinski definition) is 4. The second kappa shape index (κ2) is 7.12. The van der Waals surface area contributed by atoms with Gasteiger partial charge in [-0.25, -0.2) is 4.79 Å². The first-order valence-corrected chi connectivity index (χ1v) is 6.47. The van der Waals surface area contributed by atoms with Crippen molar-refractivity contribution in [3.8, 4) is 5.75 Å². The molecular weight excluding hydrogens is 282 g/mol. The highest BCUT2D eigenvalue weighted by molar-refractivity contribution is 6.32. The summed E-state index contributed by atoms with van der Waals surface area (Å²) < 4.78 is 5.42. The van der Waals surface area contributed by atoms with E-state index in [1.165, 1.54) is 14.0 Å². The lowest BCUT2D eigenvalue weighted by atomic mass is 10.1. The number of urea groups is 1. The van der Waals surface area contributed by atoms with Gasteiger partial charge < -0.3 is 15.8 Å². The summed E-state index contributed by atoms with van der Waals surface area (Å²) >= 11 is 6.06. The lowest BCUT2D eigenvalue weighted by molar-refractivity contribution is -0.126. The SMILES string of the molecule is CNC(=O)NC(=O)C(C)Oc1ccc(C(C)N)cc1Cl. The standard InChI is InChI=1S/C13H18ClN3O3/c1-7(15)9-4-5-11(10(14)6-9)20-8(2)12(18)17-13(19)16-3/h4-8H,15H2,1-3H3,(H2,16,17,18,19). The van der Waals surface area contributed by atoms with E-state index >= 15 is 0 Å². The van der Waals surface area contributed by atoms with Crippen molar-refractivity contribution in [2.75, 3.05) is 7.05 Å². The lowest BCUT2D eigenvalue weighted by Gasteiger charge is -2.16. The number of ether oxygens (including phenoxy) is 1. The number of nitrogens with two attached hydrogens (primary N) is 1. The third kappa shape index (κ3) is 4.40. The van der Waals surface area contributed by atoms with E-state index in [9.17, 15) is 9.59 Å². The molecule has 0 aliphatic rings. The quantitative estimate of drug-likeness (QED) is 0.787. The number of halogens is 1. The zero-order valence-corrected chi connectivity index (χ0v) is 12.3. The maximum Gasteiger partial charge on any atom is 0.321 e. The maximum atomic E-state index is 11.6. The summed E-state index contributed by atoms with van der Waals surface area (Å²) in [5.74, 6) is -0.202. The Kier molecular flexibility index (Phi) is 5.79. The van der Waals surface area contributed by atoms with Gasteiger partial charge in [-0.05, 0) is 31.5 Å². The second-order valence-corrected chi connectivity index (χ2v) is 4.71. The average Bonchev–Trinajstić information content (AvgIpc) is 2.40. The van der Waals surface area contributed by atoms with Crippen molar-refractivity contribution in [2.24, 2.45) is 5.73 Å². The Balaban J connectivity index is 2.73. The molecule has 0 saturated heterocycles. The van der Waals surface area contributed by atoms with Crippen molar-refractivity contribution in [3.05, 3.63) is 28.8 Å². The van der Waals surface area contributed by atoms with Crippen LogP contribution >= 0.6 is 11.6 Å². The van der Waals surface area contributed by atoms with Crippen molar-refractivity contribution in [1.82, 2.24) is 10.6 Å². The summed E-state index contributed by atoms with van der Waals surface area (Å²) in [5.41, 5.74) is 6.61. The third-order valence-electron chi connectivity index (χ3n) is 2.62. The van der Waals surface area contributed by atoms with Crippen LogP contribution in [-0.4, -0.2) is 25.1 Å². The molecule has 0 bridgehead atoms. The van der Waals surface area contributed by atoms with Crippen LogP contribution < -0.4 is 21.1 Å². The monoisotopic (exact) mass is 299 g/mol. The Hall–Kier alpha value is -1.79. The first kappa shape index (κ1) is 16.3. The van der Waals surface area contributed by atoms with Gasteiger partial charge in [0.05, 0.1) is 5.02 Å². The van der Waals surface area contributed by atoms with Gasteiger partial charge in [0.2, 0.25) is 0 Å². The highest BCUT2D eigenvalue weighted by Crippen LogP contribution is 2.28. The zero-order valence-electron chi connectivity index (χ0n) is 11.6. The van der Waals surface area contributed by atoms with Gasteiger partial charge in [0.25, 0.3) is 5.91 Å². The molecule has 0 radical (unpaired) electrons. The Bertz CT molecular complexity index is 506. The van der Waals surface area contributed by atoms with Gasteiger partial charge in [0.15, 0.2) is 6.10 Å². The van der Waals surface area contributed by atoms with E-state index in [0.29, 0.717) is 10.8 Å². The molecule has 2 unspecified atom stereocenters. The van der Waals surface area contributed by atoms with Crippen molar-refractivity contribution >= 4 is 23.5 Å². The molecule has 0 fully saturated rings. The molecule has 6 nitrogen and oxygen atoms in total. The van der Waals surface area contributed by atoms with Gasteiger partial charge in [0, 0.05) is 13.1 Å². The van der Waals surface area contributed by atoms with Crippen LogP contribution in [0.4, 0.5) is 4.79 Å². The van der Waals surface area contributed by atoms with E-state index < -0.39 is 18.0 Å². The number of amides is 3. The third-order valence-corrected chi connectivity index (χ3v) is 2.91. The largest absolute Gasteiger partial charge is 0.479 e. The second-order valence-electron chi connectivity index (χ2n) is 4.31. The molecule has 0 aromatic heterocycles. The first-order chi connectivity index (χ1) is 9.35.